The van der Waals surface area contributed by atoms with Crippen LogP contribution in [0.25, 0.3) is 32.3 Å². The van der Waals surface area contributed by atoms with Crippen molar-refractivity contribution in [3.8, 4) is 6.07 Å². The summed E-state index contributed by atoms with van der Waals surface area (Å²) < 4.78 is 41.4. The average molecular weight is 715 g/mol. The van der Waals surface area contributed by atoms with E-state index in [-0.39, 0.29) is 6.54 Å². The first-order chi connectivity index (χ1) is 25.0. The van der Waals surface area contributed by atoms with Crippen LogP contribution < -0.4 is 10.6 Å². The van der Waals surface area contributed by atoms with Gasteiger partial charge in [0.15, 0.2) is 5.78 Å². The Bertz CT molecular complexity index is 2500. The quantitative estimate of drug-likeness (QED) is 0.183. The maximum absolute atomic E-state index is 13.8. The van der Waals surface area contributed by atoms with Crippen LogP contribution in [-0.2, 0) is 6.42 Å². The van der Waals surface area contributed by atoms with Crippen molar-refractivity contribution in [3.63, 3.8) is 0 Å². The van der Waals surface area contributed by atoms with Crippen LogP contribution in [0.15, 0.2) is 127 Å². The number of hydrogen-bond donors (Lipinski definition) is 1. The molecule has 258 valence electrons. The summed E-state index contributed by atoms with van der Waals surface area (Å²) in [5, 5.41) is 15.5. The number of aromatic nitrogens is 1. The fraction of sp³-hybridized carbons (Fsp3) is 0.143. The minimum absolute atomic E-state index is 0.289. The largest absolute Gasteiger partial charge is 0.389 e. The van der Waals surface area contributed by atoms with Gasteiger partial charge in [-0.2, -0.15) is 18.4 Å². The van der Waals surface area contributed by atoms with Gasteiger partial charge in [-0.05, 0) is 74.7 Å². The van der Waals surface area contributed by atoms with E-state index >= 15 is 0 Å². The number of halogens is 4. The molecule has 10 heteroatoms. The Morgan fingerprint density at radius 2 is 1.65 bits per heavy atom. The maximum Gasteiger partial charge on any atom is 0.389 e. The van der Waals surface area contributed by atoms with Gasteiger partial charge in [-0.3, -0.25) is 14.6 Å². The molecule has 2 atom stereocenters. The molecule has 2 heterocycles. The van der Waals surface area contributed by atoms with Crippen molar-refractivity contribution in [2.24, 2.45) is 17.6 Å². The van der Waals surface area contributed by atoms with Crippen molar-refractivity contribution >= 4 is 61.3 Å². The zero-order valence-corrected chi connectivity index (χ0v) is 28.3. The molecule has 5 aromatic carbocycles. The van der Waals surface area contributed by atoms with Gasteiger partial charge in [0, 0.05) is 52.7 Å². The summed E-state index contributed by atoms with van der Waals surface area (Å²) in [4.78, 5) is 30.5. The number of fused-ring (bicyclic) bond motifs is 6. The molecule has 1 amide bonds. The number of carbonyl (C=O) groups is 2. The lowest BCUT2D eigenvalue weighted by molar-refractivity contribution is -0.144. The van der Waals surface area contributed by atoms with Crippen molar-refractivity contribution < 1.29 is 22.8 Å². The lowest BCUT2D eigenvalue weighted by Crippen LogP contribution is -2.38. The van der Waals surface area contributed by atoms with Crippen LogP contribution in [0, 0.1) is 23.2 Å². The van der Waals surface area contributed by atoms with Crippen LogP contribution in [0.5, 0.6) is 0 Å². The van der Waals surface area contributed by atoms with E-state index in [9.17, 15) is 28.0 Å². The van der Waals surface area contributed by atoms with Gasteiger partial charge in [0.2, 0.25) is 0 Å². The third kappa shape index (κ3) is 6.85. The van der Waals surface area contributed by atoms with E-state index < -0.39 is 36.1 Å². The molecule has 2 aliphatic rings. The molecule has 6 aromatic rings. The van der Waals surface area contributed by atoms with E-state index in [4.69, 9.17) is 17.3 Å². The number of primary amides is 1. The Morgan fingerprint density at radius 3 is 2.40 bits per heavy atom. The molecule has 1 aromatic heterocycles. The monoisotopic (exact) mass is 714 g/mol. The van der Waals surface area contributed by atoms with Gasteiger partial charge in [-0.15, -0.1) is 0 Å². The summed E-state index contributed by atoms with van der Waals surface area (Å²) in [7, 11) is 0. The first kappa shape index (κ1) is 34.5. The predicted molar refractivity (Wildman–Crippen MR) is 198 cm³/mol. The second-order valence-corrected chi connectivity index (χ2v) is 13.3. The zero-order valence-electron chi connectivity index (χ0n) is 27.6. The molecular formula is C42H30ClF3N4O2. The number of ketones is 1. The number of allylic oxidation sites excluding steroid dienone is 2. The molecule has 1 aliphatic heterocycles. The Morgan fingerprint density at radius 1 is 0.923 bits per heavy atom. The standard InChI is InChI=1S/C32H22ClF3N2O.C10H8N2O/c33-22-12-19(17-37)13-23(14-22)38-11-3-5-21(18-38)28-15-29-26-8-7-20-4-1-2-6-24(20)25(26)9-10-27(29)31(39)30(28)16-32(34,35)36;11-10(13)9-6-12-5-7-3-1-2-4-8(7)9/h1-14,28,30H,15-16,18H2;1-6H,(H2,11,13). The Hall–Kier alpha value is -5.98. The van der Waals surface area contributed by atoms with Crippen LogP contribution in [-0.4, -0.2) is 29.4 Å². The third-order valence-corrected chi connectivity index (χ3v) is 9.90. The highest BCUT2D eigenvalue weighted by Crippen LogP contribution is 2.44. The van der Waals surface area contributed by atoms with Gasteiger partial charge < -0.3 is 10.6 Å². The lowest BCUT2D eigenvalue weighted by atomic mass is 9.69. The van der Waals surface area contributed by atoms with E-state index in [1.165, 1.54) is 6.20 Å². The molecule has 0 saturated carbocycles. The summed E-state index contributed by atoms with van der Waals surface area (Å²) >= 11 is 6.21. The number of hydrogen-bond acceptors (Lipinski definition) is 5. The summed E-state index contributed by atoms with van der Waals surface area (Å²) in [5.41, 5.74) is 8.63. The highest BCUT2D eigenvalue weighted by atomic mass is 35.5. The van der Waals surface area contributed by atoms with Crippen molar-refractivity contribution in [1.29, 1.82) is 5.26 Å². The molecule has 0 spiro atoms. The first-order valence-corrected chi connectivity index (χ1v) is 16.9. The molecule has 1 aliphatic carbocycles. The SMILES string of the molecule is N#Cc1cc(Cl)cc(N2C=CC=C(C3Cc4c(ccc5c4ccc4ccccc45)C(=O)C3CC(F)(F)F)C2)c1.NC(=O)c1cncc2ccccc12. The summed E-state index contributed by atoms with van der Waals surface area (Å²) in [5.74, 6) is -2.76. The van der Waals surface area contributed by atoms with Gasteiger partial charge in [0.25, 0.3) is 5.91 Å². The fourth-order valence-corrected chi connectivity index (χ4v) is 7.56. The number of nitrogens with zero attached hydrogens (tertiary/aromatic N) is 3. The number of alkyl halides is 3. The normalized spacial score (nSPS) is 16.9. The van der Waals surface area contributed by atoms with Gasteiger partial charge >= 0.3 is 6.18 Å². The van der Waals surface area contributed by atoms with Crippen LogP contribution in [0.2, 0.25) is 5.02 Å². The van der Waals surface area contributed by atoms with E-state index in [0.29, 0.717) is 33.8 Å². The first-order valence-electron chi connectivity index (χ1n) is 16.5. The van der Waals surface area contributed by atoms with Crippen LogP contribution in [0.3, 0.4) is 0 Å². The molecule has 0 saturated heterocycles. The summed E-state index contributed by atoms with van der Waals surface area (Å²) in [6.07, 6.45) is 3.25. The minimum atomic E-state index is -4.48. The highest BCUT2D eigenvalue weighted by molar-refractivity contribution is 6.31. The van der Waals surface area contributed by atoms with E-state index in [1.807, 2.05) is 77.7 Å². The van der Waals surface area contributed by atoms with Crippen molar-refractivity contribution in [2.75, 3.05) is 11.4 Å². The number of rotatable bonds is 4. The molecule has 0 bridgehead atoms. The van der Waals surface area contributed by atoms with Gasteiger partial charge in [0.05, 0.1) is 23.6 Å². The van der Waals surface area contributed by atoms with Gasteiger partial charge in [-0.25, -0.2) is 0 Å². The number of Topliss-reactive ketones (excluding diaryl/α,β-unsaturated/α-hetero) is 1. The lowest BCUT2D eigenvalue weighted by Gasteiger charge is -2.37. The number of carbonyl (C=O) groups excluding carboxylic acids is 2. The second-order valence-electron chi connectivity index (χ2n) is 12.9. The molecule has 6 nitrogen and oxygen atoms in total. The molecule has 8 rings (SSSR count). The molecule has 0 fully saturated rings. The summed E-state index contributed by atoms with van der Waals surface area (Å²) in [6, 6.07) is 30.0. The Labute approximate surface area is 302 Å². The maximum atomic E-state index is 13.8. The highest BCUT2D eigenvalue weighted by Gasteiger charge is 2.44. The van der Waals surface area contributed by atoms with E-state index in [1.54, 1.807) is 42.7 Å². The van der Waals surface area contributed by atoms with Gasteiger partial charge in [0.1, 0.15) is 0 Å². The number of benzene rings is 5. The van der Waals surface area contributed by atoms with Crippen molar-refractivity contribution in [1.82, 2.24) is 4.98 Å². The second kappa shape index (κ2) is 14.0. The topological polar surface area (TPSA) is 100 Å². The number of nitriles is 1. The van der Waals surface area contributed by atoms with Crippen LogP contribution >= 0.6 is 11.6 Å². The molecular weight excluding hydrogens is 685 g/mol. The molecule has 52 heavy (non-hydrogen) atoms. The van der Waals surface area contributed by atoms with Crippen molar-refractivity contribution in [3.05, 3.63) is 155 Å². The Kier molecular flexibility index (Phi) is 9.26. The predicted octanol–water partition coefficient (Wildman–Crippen LogP) is 9.74. The third-order valence-electron chi connectivity index (χ3n) is 9.68. The molecule has 0 radical (unpaired) electrons. The molecule has 2 N–H and O–H groups in total. The zero-order chi connectivity index (χ0) is 36.6. The number of nitrogens with two attached hydrogens (primary N) is 1. The number of pyridine rings is 1. The minimum Gasteiger partial charge on any atom is -0.366 e. The van der Waals surface area contributed by atoms with Crippen LogP contribution in [0.4, 0.5) is 18.9 Å². The smallest absolute Gasteiger partial charge is 0.366 e. The number of anilines is 1. The Balaban J connectivity index is 0.000000271. The van der Waals surface area contributed by atoms with Gasteiger partial charge in [-0.1, -0.05) is 90.5 Å². The number of amides is 1. The molecule has 2 unspecified atom stereocenters. The van der Waals surface area contributed by atoms with Crippen molar-refractivity contribution in [2.45, 2.75) is 19.0 Å². The van der Waals surface area contributed by atoms with Crippen LogP contribution in [0.1, 0.15) is 38.3 Å². The van der Waals surface area contributed by atoms with E-state index in [0.717, 1.165) is 43.5 Å². The summed E-state index contributed by atoms with van der Waals surface area (Å²) in [6.45, 7) is 0.289. The fourth-order valence-electron chi connectivity index (χ4n) is 7.33. The van der Waals surface area contributed by atoms with E-state index in [2.05, 4.69) is 11.1 Å². The average Bonchev–Trinajstić information content (AvgIpc) is 3.14.